The fourth-order valence-corrected chi connectivity index (χ4v) is 1.07. The molecule has 0 bridgehead atoms. The molecule has 0 aliphatic heterocycles. The Kier molecular flexibility index (Phi) is 5.21. The summed E-state index contributed by atoms with van der Waals surface area (Å²) in [7, 11) is 0. The van der Waals surface area contributed by atoms with Crippen molar-refractivity contribution in [1.82, 2.24) is 15.0 Å². The normalized spacial score (nSPS) is 9.76. The number of ether oxygens (including phenoxy) is 2. The Morgan fingerprint density at radius 3 is 2.88 bits per heavy atom. The Hall–Kier alpha value is -1.83. The molecule has 0 aliphatic rings. The van der Waals surface area contributed by atoms with Crippen LogP contribution in [-0.2, 0) is 4.74 Å². The fraction of sp³-hybridized carbons (Fsp3) is 0.500. The van der Waals surface area contributed by atoms with E-state index in [-0.39, 0.29) is 23.8 Å². The summed E-state index contributed by atoms with van der Waals surface area (Å²) in [6, 6.07) is 0.130. The number of halogens is 1. The first kappa shape index (κ1) is 13.2. The highest BCUT2D eigenvalue weighted by Crippen LogP contribution is 2.10. The molecule has 1 rings (SSSR count). The van der Waals surface area contributed by atoms with Gasteiger partial charge in [0, 0.05) is 0 Å². The average molecular weight is 262 g/mol. The van der Waals surface area contributed by atoms with Gasteiger partial charge in [0.05, 0.1) is 13.2 Å². The van der Waals surface area contributed by atoms with Crippen LogP contribution in [0.5, 0.6) is 6.01 Å². The van der Waals surface area contributed by atoms with Gasteiger partial charge in [-0.15, -0.1) is 0 Å². The van der Waals surface area contributed by atoms with Crippen LogP contribution in [0.3, 0.4) is 0 Å². The minimum Gasteiger partial charge on any atom is -0.464 e. The number of primary amides is 1. The van der Waals surface area contributed by atoms with Crippen LogP contribution in [0.1, 0.15) is 6.92 Å². The highest BCUT2D eigenvalue weighted by atomic mass is 35.5. The summed E-state index contributed by atoms with van der Waals surface area (Å²) in [5.74, 6) is 0.238. The Balaban J connectivity index is 2.49. The molecule has 0 radical (unpaired) electrons. The molecule has 3 N–H and O–H groups in total. The van der Waals surface area contributed by atoms with Crippen LogP contribution < -0.4 is 15.8 Å². The monoisotopic (exact) mass is 261 g/mol. The first-order chi connectivity index (χ1) is 8.11. The highest BCUT2D eigenvalue weighted by molar-refractivity contribution is 6.28. The molecule has 0 atom stereocenters. The van der Waals surface area contributed by atoms with Crippen LogP contribution in [0, 0.1) is 0 Å². The van der Waals surface area contributed by atoms with E-state index in [1.54, 1.807) is 6.92 Å². The van der Waals surface area contributed by atoms with Crippen molar-refractivity contribution in [3.05, 3.63) is 5.28 Å². The minimum absolute atomic E-state index is 0.0155. The van der Waals surface area contributed by atoms with Crippen molar-refractivity contribution in [1.29, 1.82) is 0 Å². The van der Waals surface area contributed by atoms with E-state index in [1.165, 1.54) is 0 Å². The number of nitrogens with zero attached hydrogens (tertiary/aromatic N) is 3. The van der Waals surface area contributed by atoms with Crippen molar-refractivity contribution < 1.29 is 14.3 Å². The molecule has 0 fully saturated rings. The standard InChI is InChI=1S/C8H12ClN5O3/c1-2-16-8-13-5(9)12-7(14-8)11-3-4-17-6(10)15/h2-4H2,1H3,(H2,10,15)(H,11,12,13,14). The van der Waals surface area contributed by atoms with Crippen LogP contribution in [0.4, 0.5) is 10.7 Å². The van der Waals surface area contributed by atoms with Crippen molar-refractivity contribution >= 4 is 23.6 Å². The number of amides is 1. The summed E-state index contributed by atoms with van der Waals surface area (Å²) in [4.78, 5) is 21.8. The van der Waals surface area contributed by atoms with E-state index >= 15 is 0 Å². The van der Waals surface area contributed by atoms with Gasteiger partial charge in [-0.3, -0.25) is 0 Å². The maximum Gasteiger partial charge on any atom is 0.404 e. The van der Waals surface area contributed by atoms with Crippen LogP contribution in [-0.4, -0.2) is 40.8 Å². The molecule has 9 heteroatoms. The minimum atomic E-state index is -0.838. The van der Waals surface area contributed by atoms with E-state index in [4.69, 9.17) is 22.1 Å². The average Bonchev–Trinajstić information content (AvgIpc) is 2.24. The number of nitrogens with one attached hydrogen (secondary N) is 1. The second-order valence-corrected chi connectivity index (χ2v) is 3.08. The van der Waals surface area contributed by atoms with Crippen molar-refractivity contribution in [3.63, 3.8) is 0 Å². The maximum absolute atomic E-state index is 10.3. The van der Waals surface area contributed by atoms with Gasteiger partial charge in [0.15, 0.2) is 0 Å². The predicted octanol–water partition coefficient (Wildman–Crippen LogP) is 0.431. The van der Waals surface area contributed by atoms with Crippen molar-refractivity contribution in [2.24, 2.45) is 5.73 Å². The lowest BCUT2D eigenvalue weighted by Crippen LogP contribution is -2.19. The number of anilines is 1. The summed E-state index contributed by atoms with van der Waals surface area (Å²) in [5.41, 5.74) is 4.79. The lowest BCUT2D eigenvalue weighted by atomic mass is 10.7. The van der Waals surface area contributed by atoms with Gasteiger partial charge in [-0.1, -0.05) is 0 Å². The summed E-state index contributed by atoms with van der Waals surface area (Å²) >= 11 is 5.66. The van der Waals surface area contributed by atoms with Gasteiger partial charge in [-0.05, 0) is 18.5 Å². The van der Waals surface area contributed by atoms with Crippen LogP contribution in [0.25, 0.3) is 0 Å². The van der Waals surface area contributed by atoms with Crippen LogP contribution in [0.15, 0.2) is 0 Å². The van der Waals surface area contributed by atoms with E-state index in [0.717, 1.165) is 0 Å². The molecule has 0 saturated carbocycles. The first-order valence-corrected chi connectivity index (χ1v) is 5.20. The van der Waals surface area contributed by atoms with Crippen molar-refractivity contribution in [2.75, 3.05) is 25.1 Å². The maximum atomic E-state index is 10.3. The van der Waals surface area contributed by atoms with E-state index in [2.05, 4.69) is 25.0 Å². The molecular formula is C8H12ClN5O3. The number of carbonyl (C=O) groups is 1. The molecular weight excluding hydrogens is 250 g/mol. The van der Waals surface area contributed by atoms with E-state index in [9.17, 15) is 4.79 Å². The van der Waals surface area contributed by atoms with Crippen LogP contribution >= 0.6 is 11.6 Å². The summed E-state index contributed by atoms with van der Waals surface area (Å²) < 4.78 is 9.59. The highest BCUT2D eigenvalue weighted by Gasteiger charge is 2.05. The lowest BCUT2D eigenvalue weighted by molar-refractivity contribution is 0.161. The number of hydrogen-bond donors (Lipinski definition) is 2. The molecule has 8 nitrogen and oxygen atoms in total. The Morgan fingerprint density at radius 1 is 1.47 bits per heavy atom. The molecule has 1 heterocycles. The molecule has 0 aromatic carbocycles. The van der Waals surface area contributed by atoms with Crippen molar-refractivity contribution in [2.45, 2.75) is 6.92 Å². The Labute approximate surface area is 102 Å². The zero-order valence-electron chi connectivity index (χ0n) is 9.14. The third kappa shape index (κ3) is 5.16. The summed E-state index contributed by atoms with van der Waals surface area (Å²) in [5, 5.41) is 2.80. The van der Waals surface area contributed by atoms with Gasteiger partial charge in [-0.2, -0.15) is 15.0 Å². The fourth-order valence-electron chi connectivity index (χ4n) is 0.919. The zero-order valence-corrected chi connectivity index (χ0v) is 9.90. The number of carbonyl (C=O) groups excluding carboxylic acids is 1. The zero-order chi connectivity index (χ0) is 12.7. The third-order valence-electron chi connectivity index (χ3n) is 1.49. The first-order valence-electron chi connectivity index (χ1n) is 4.82. The van der Waals surface area contributed by atoms with E-state index in [0.29, 0.717) is 13.2 Å². The number of rotatable bonds is 6. The van der Waals surface area contributed by atoms with Gasteiger partial charge in [0.2, 0.25) is 11.2 Å². The topological polar surface area (TPSA) is 112 Å². The van der Waals surface area contributed by atoms with Crippen molar-refractivity contribution in [3.8, 4) is 6.01 Å². The molecule has 94 valence electrons. The second kappa shape index (κ2) is 6.69. The van der Waals surface area contributed by atoms with E-state index < -0.39 is 6.09 Å². The molecule has 0 saturated heterocycles. The Morgan fingerprint density at radius 2 is 2.24 bits per heavy atom. The van der Waals surface area contributed by atoms with Crippen LogP contribution in [0.2, 0.25) is 5.28 Å². The third-order valence-corrected chi connectivity index (χ3v) is 1.66. The molecule has 1 aromatic rings. The lowest BCUT2D eigenvalue weighted by Gasteiger charge is -2.06. The summed E-state index contributed by atoms with van der Waals surface area (Å²) in [6.07, 6.45) is -0.838. The molecule has 1 amide bonds. The van der Waals surface area contributed by atoms with Gasteiger partial charge in [-0.25, -0.2) is 4.79 Å². The molecule has 17 heavy (non-hydrogen) atoms. The molecule has 0 aliphatic carbocycles. The predicted molar refractivity (Wildman–Crippen MR) is 60.0 cm³/mol. The van der Waals surface area contributed by atoms with E-state index in [1.807, 2.05) is 0 Å². The quantitative estimate of drug-likeness (QED) is 0.714. The number of aromatic nitrogens is 3. The molecule has 0 unspecified atom stereocenters. The smallest absolute Gasteiger partial charge is 0.404 e. The molecule has 0 spiro atoms. The molecule has 1 aromatic heterocycles. The summed E-state index contributed by atoms with van der Waals surface area (Å²) in [6.45, 7) is 2.62. The van der Waals surface area contributed by atoms with Gasteiger partial charge < -0.3 is 20.5 Å². The SMILES string of the molecule is CCOc1nc(Cl)nc(NCCOC(N)=O)n1. The van der Waals surface area contributed by atoms with Gasteiger partial charge in [0.25, 0.3) is 0 Å². The Bertz CT molecular complexity index is 389. The number of hydrogen-bond acceptors (Lipinski definition) is 7. The van der Waals surface area contributed by atoms with Gasteiger partial charge in [0.1, 0.15) is 6.61 Å². The number of nitrogens with two attached hydrogens (primary N) is 1. The second-order valence-electron chi connectivity index (χ2n) is 2.74. The van der Waals surface area contributed by atoms with Gasteiger partial charge >= 0.3 is 12.1 Å². The largest absolute Gasteiger partial charge is 0.464 e.